The number of anilines is 1. The Morgan fingerprint density at radius 2 is 2.21 bits per heavy atom. The molecule has 0 bridgehead atoms. The summed E-state index contributed by atoms with van der Waals surface area (Å²) >= 11 is 1.27. The summed E-state index contributed by atoms with van der Waals surface area (Å²) in [7, 11) is 0. The van der Waals surface area contributed by atoms with Crippen molar-refractivity contribution in [1.29, 1.82) is 0 Å². The fourth-order valence-corrected chi connectivity index (χ4v) is 2.85. The largest absolute Gasteiger partial charge is 0.397 e. The van der Waals surface area contributed by atoms with Crippen molar-refractivity contribution >= 4 is 38.9 Å². The summed E-state index contributed by atoms with van der Waals surface area (Å²) in [6.45, 7) is 2.07. The summed E-state index contributed by atoms with van der Waals surface area (Å²) < 4.78 is 0.846. The Morgan fingerprint density at radius 3 is 2.79 bits per heavy atom. The quantitative estimate of drug-likeness (QED) is 0.864. The minimum atomic E-state index is -0.545. The zero-order valence-electron chi connectivity index (χ0n) is 10.4. The summed E-state index contributed by atoms with van der Waals surface area (Å²) in [4.78, 5) is 29.1. The molecule has 0 fully saturated rings. The number of thiophene rings is 1. The molecular weight excluding hydrogens is 264 g/mol. The van der Waals surface area contributed by atoms with E-state index in [0.29, 0.717) is 17.1 Å². The fraction of sp³-hybridized carbons (Fsp3) is 0.250. The maximum atomic E-state index is 12.3. The van der Waals surface area contributed by atoms with E-state index in [0.717, 1.165) is 10.1 Å². The number of nitrogens with zero attached hydrogens (tertiary/aromatic N) is 2. The van der Waals surface area contributed by atoms with Gasteiger partial charge in [-0.1, -0.05) is 0 Å². The van der Waals surface area contributed by atoms with Gasteiger partial charge in [0.15, 0.2) is 0 Å². The van der Waals surface area contributed by atoms with Crippen LogP contribution in [0.1, 0.15) is 16.6 Å². The third-order valence-electron chi connectivity index (χ3n) is 2.74. The number of hydrogen-bond acceptors (Lipinski definition) is 5. The van der Waals surface area contributed by atoms with Gasteiger partial charge < -0.3 is 16.4 Å². The van der Waals surface area contributed by atoms with Crippen LogP contribution in [0.25, 0.3) is 10.1 Å². The third-order valence-corrected chi connectivity index (χ3v) is 3.89. The first-order chi connectivity index (χ1) is 9.04. The van der Waals surface area contributed by atoms with E-state index in [9.17, 15) is 9.59 Å². The molecule has 2 aromatic heterocycles. The summed E-state index contributed by atoms with van der Waals surface area (Å²) in [5.41, 5.74) is 11.5. The zero-order chi connectivity index (χ0) is 14.0. The minimum Gasteiger partial charge on any atom is -0.397 e. The lowest BCUT2D eigenvalue weighted by Crippen LogP contribution is -2.38. The van der Waals surface area contributed by atoms with Crippen LogP contribution in [0, 0.1) is 0 Å². The Hall–Kier alpha value is -2.15. The second-order valence-corrected chi connectivity index (χ2v) is 5.05. The molecule has 0 aromatic carbocycles. The van der Waals surface area contributed by atoms with Crippen LogP contribution in [0.15, 0.2) is 18.5 Å². The molecule has 4 N–H and O–H groups in total. The molecule has 6 nitrogen and oxygen atoms in total. The molecule has 0 saturated carbocycles. The molecule has 2 amide bonds. The Labute approximate surface area is 114 Å². The van der Waals surface area contributed by atoms with E-state index < -0.39 is 5.91 Å². The van der Waals surface area contributed by atoms with Crippen molar-refractivity contribution < 1.29 is 9.59 Å². The highest BCUT2D eigenvalue weighted by atomic mass is 32.1. The van der Waals surface area contributed by atoms with E-state index >= 15 is 0 Å². The van der Waals surface area contributed by atoms with E-state index in [1.54, 1.807) is 25.4 Å². The fourth-order valence-electron chi connectivity index (χ4n) is 1.79. The van der Waals surface area contributed by atoms with Gasteiger partial charge in [-0.3, -0.25) is 14.6 Å². The number of likely N-dealkylation sites (N-methyl/N-ethyl adjacent to an activating group) is 1. The smallest absolute Gasteiger partial charge is 0.266 e. The van der Waals surface area contributed by atoms with Crippen LogP contribution in [-0.4, -0.2) is 34.8 Å². The first-order valence-electron chi connectivity index (χ1n) is 5.74. The highest BCUT2D eigenvalue weighted by Crippen LogP contribution is 2.33. The molecule has 0 radical (unpaired) electrons. The maximum absolute atomic E-state index is 12.3. The van der Waals surface area contributed by atoms with Crippen molar-refractivity contribution in [2.45, 2.75) is 6.92 Å². The van der Waals surface area contributed by atoms with Gasteiger partial charge in [0.05, 0.1) is 16.9 Å². The maximum Gasteiger partial charge on any atom is 0.266 e. The molecule has 2 heterocycles. The van der Waals surface area contributed by atoms with Crippen LogP contribution in [-0.2, 0) is 4.79 Å². The standard InChI is InChI=1S/C12H14N4O2S/c1-2-16(6-9(13)17)12(18)11-10(14)7-3-4-15-5-8(7)19-11/h3-5H,2,6,14H2,1H3,(H2,13,17). The van der Waals surface area contributed by atoms with Crippen molar-refractivity contribution in [2.24, 2.45) is 5.73 Å². The first-order valence-corrected chi connectivity index (χ1v) is 6.55. The van der Waals surface area contributed by atoms with E-state index in [2.05, 4.69) is 4.98 Å². The topological polar surface area (TPSA) is 102 Å². The van der Waals surface area contributed by atoms with Gasteiger partial charge in [0.2, 0.25) is 5.91 Å². The highest BCUT2D eigenvalue weighted by Gasteiger charge is 2.22. The molecule has 0 saturated heterocycles. The van der Waals surface area contributed by atoms with Crippen molar-refractivity contribution in [3.05, 3.63) is 23.3 Å². The second-order valence-electron chi connectivity index (χ2n) is 4.00. The average Bonchev–Trinajstić information content (AvgIpc) is 2.73. The van der Waals surface area contributed by atoms with Gasteiger partial charge in [0.1, 0.15) is 4.88 Å². The molecule has 0 spiro atoms. The number of carbonyl (C=O) groups is 2. The van der Waals surface area contributed by atoms with Crippen molar-refractivity contribution in [3.8, 4) is 0 Å². The number of rotatable bonds is 4. The van der Waals surface area contributed by atoms with Gasteiger partial charge in [0.25, 0.3) is 5.91 Å². The third kappa shape index (κ3) is 2.50. The number of primary amides is 1. The summed E-state index contributed by atoms with van der Waals surface area (Å²) in [5.74, 6) is -0.823. The normalized spacial score (nSPS) is 10.6. The molecule has 0 atom stereocenters. The van der Waals surface area contributed by atoms with Crippen molar-refractivity contribution in [3.63, 3.8) is 0 Å². The number of aromatic nitrogens is 1. The van der Waals surface area contributed by atoms with Crippen molar-refractivity contribution in [2.75, 3.05) is 18.8 Å². The Balaban J connectivity index is 2.40. The van der Waals surface area contributed by atoms with Crippen LogP contribution in [0.2, 0.25) is 0 Å². The molecule has 0 aliphatic carbocycles. The molecular formula is C12H14N4O2S. The molecule has 2 aromatic rings. The predicted molar refractivity (Wildman–Crippen MR) is 74.8 cm³/mol. The average molecular weight is 278 g/mol. The van der Waals surface area contributed by atoms with Crippen LogP contribution in [0.5, 0.6) is 0 Å². The van der Waals surface area contributed by atoms with Crippen LogP contribution >= 0.6 is 11.3 Å². The van der Waals surface area contributed by atoms with Crippen molar-refractivity contribution in [1.82, 2.24) is 9.88 Å². The van der Waals surface area contributed by atoms with Gasteiger partial charge in [-0.05, 0) is 13.0 Å². The van der Waals surface area contributed by atoms with E-state index in [1.807, 2.05) is 0 Å². The van der Waals surface area contributed by atoms with Gasteiger partial charge in [0, 0.05) is 24.3 Å². The molecule has 0 unspecified atom stereocenters. The summed E-state index contributed by atoms with van der Waals surface area (Å²) in [5, 5.41) is 0.804. The number of nitrogen functional groups attached to an aromatic ring is 1. The zero-order valence-corrected chi connectivity index (χ0v) is 11.2. The molecule has 0 aliphatic rings. The van der Waals surface area contributed by atoms with Gasteiger partial charge in [-0.2, -0.15) is 0 Å². The molecule has 100 valence electrons. The van der Waals surface area contributed by atoms with Gasteiger partial charge >= 0.3 is 0 Å². The Kier molecular flexibility index (Phi) is 3.66. The first kappa shape index (κ1) is 13.3. The SMILES string of the molecule is CCN(CC(N)=O)C(=O)c1sc2cnccc2c1N. The lowest BCUT2D eigenvalue weighted by atomic mass is 10.2. The Bertz CT molecular complexity index is 638. The number of amides is 2. The molecule has 19 heavy (non-hydrogen) atoms. The number of fused-ring (bicyclic) bond motifs is 1. The lowest BCUT2D eigenvalue weighted by Gasteiger charge is -2.18. The molecule has 0 aliphatic heterocycles. The van der Waals surface area contributed by atoms with Crippen LogP contribution < -0.4 is 11.5 Å². The van der Waals surface area contributed by atoms with Gasteiger partial charge in [-0.25, -0.2) is 0 Å². The van der Waals surface area contributed by atoms with E-state index in [1.165, 1.54) is 16.2 Å². The Morgan fingerprint density at radius 1 is 1.47 bits per heavy atom. The lowest BCUT2D eigenvalue weighted by molar-refractivity contribution is -0.118. The predicted octanol–water partition coefficient (Wildman–Crippen LogP) is 0.826. The number of nitrogens with two attached hydrogens (primary N) is 2. The summed E-state index contributed by atoms with van der Waals surface area (Å²) in [6.07, 6.45) is 3.29. The van der Waals surface area contributed by atoms with Crippen LogP contribution in [0.4, 0.5) is 5.69 Å². The van der Waals surface area contributed by atoms with E-state index in [4.69, 9.17) is 11.5 Å². The summed E-state index contributed by atoms with van der Waals surface area (Å²) in [6, 6.07) is 1.77. The number of carbonyl (C=O) groups excluding carboxylic acids is 2. The monoisotopic (exact) mass is 278 g/mol. The number of pyridine rings is 1. The minimum absolute atomic E-state index is 0.110. The molecule has 2 rings (SSSR count). The second kappa shape index (κ2) is 5.23. The van der Waals surface area contributed by atoms with E-state index in [-0.39, 0.29) is 12.5 Å². The highest BCUT2D eigenvalue weighted by molar-refractivity contribution is 7.21. The number of hydrogen-bond donors (Lipinski definition) is 2. The van der Waals surface area contributed by atoms with Crippen LogP contribution in [0.3, 0.4) is 0 Å². The van der Waals surface area contributed by atoms with Gasteiger partial charge in [-0.15, -0.1) is 11.3 Å². The molecule has 7 heteroatoms.